The molecular formula is C18H14Br5Cl. The van der Waals surface area contributed by atoms with Crippen LogP contribution in [-0.4, -0.2) is 10.3 Å². The highest BCUT2D eigenvalue weighted by Crippen LogP contribution is 2.72. The van der Waals surface area contributed by atoms with Gasteiger partial charge in [-0.05, 0) is 24.0 Å². The summed E-state index contributed by atoms with van der Waals surface area (Å²) in [5.41, 5.74) is 2.13. The summed E-state index contributed by atoms with van der Waals surface area (Å²) in [7, 11) is 0. The maximum Gasteiger partial charge on any atom is 0.135 e. The molecule has 0 heterocycles. The summed E-state index contributed by atoms with van der Waals surface area (Å²) in [5.74, 6) is 0. The van der Waals surface area contributed by atoms with Gasteiger partial charge >= 0.3 is 0 Å². The maximum atomic E-state index is 6.81. The van der Waals surface area contributed by atoms with Crippen molar-refractivity contribution in [2.45, 2.75) is 28.5 Å². The van der Waals surface area contributed by atoms with Crippen molar-refractivity contribution in [2.75, 3.05) is 0 Å². The van der Waals surface area contributed by atoms with E-state index in [4.69, 9.17) is 11.6 Å². The highest BCUT2D eigenvalue weighted by atomic mass is 79.9. The number of alkyl halides is 6. The molecule has 3 rings (SSSR count). The molecule has 24 heavy (non-hydrogen) atoms. The first kappa shape index (κ1) is 19.9. The summed E-state index contributed by atoms with van der Waals surface area (Å²) in [4.78, 5) is 0. The smallest absolute Gasteiger partial charge is 0.104 e. The van der Waals surface area contributed by atoms with Gasteiger partial charge in [-0.2, -0.15) is 0 Å². The van der Waals surface area contributed by atoms with Crippen molar-refractivity contribution in [1.29, 1.82) is 0 Å². The van der Waals surface area contributed by atoms with Gasteiger partial charge in [0.25, 0.3) is 0 Å². The van der Waals surface area contributed by atoms with E-state index in [2.05, 4.69) is 128 Å². The Morgan fingerprint density at radius 1 is 0.625 bits per heavy atom. The minimum atomic E-state index is -0.653. The molecule has 1 aliphatic rings. The van der Waals surface area contributed by atoms with Crippen molar-refractivity contribution in [3.63, 3.8) is 0 Å². The van der Waals surface area contributed by atoms with Crippen LogP contribution in [0.3, 0.4) is 0 Å². The predicted octanol–water partition coefficient (Wildman–Crippen LogP) is 8.07. The summed E-state index contributed by atoms with van der Waals surface area (Å²) in [6, 6.07) is 21.1. The molecule has 1 unspecified atom stereocenters. The van der Waals surface area contributed by atoms with Crippen molar-refractivity contribution in [1.82, 2.24) is 0 Å². The molecule has 0 amide bonds. The van der Waals surface area contributed by atoms with E-state index < -0.39 is 10.3 Å². The Balaban J connectivity index is 2.32. The van der Waals surface area contributed by atoms with Crippen LogP contribution >= 0.6 is 91.3 Å². The monoisotopic (exact) mass is 660 g/mol. The molecular weight excluding hydrogens is 651 g/mol. The first-order valence-electron chi connectivity index (χ1n) is 7.41. The van der Waals surface area contributed by atoms with E-state index in [9.17, 15) is 0 Å². The van der Waals surface area contributed by atoms with E-state index >= 15 is 0 Å². The third-order valence-corrected chi connectivity index (χ3v) is 14.9. The van der Waals surface area contributed by atoms with Crippen molar-refractivity contribution < 1.29 is 0 Å². The molecule has 0 spiro atoms. The Hall–Kier alpha value is 1.13. The third-order valence-electron chi connectivity index (χ3n) is 4.74. The average molecular weight is 665 g/mol. The highest BCUT2D eigenvalue weighted by molar-refractivity contribution is 9.31. The van der Waals surface area contributed by atoms with E-state index in [1.165, 1.54) is 11.1 Å². The highest BCUT2D eigenvalue weighted by Gasteiger charge is 2.70. The second-order valence-corrected chi connectivity index (χ2v) is 15.3. The third kappa shape index (κ3) is 2.84. The van der Waals surface area contributed by atoms with Gasteiger partial charge in [-0.15, -0.1) is 11.6 Å². The lowest BCUT2D eigenvalue weighted by Gasteiger charge is -2.58. The molecule has 6 heteroatoms. The molecule has 1 atom stereocenters. The van der Waals surface area contributed by atoms with Crippen LogP contribution in [0.15, 0.2) is 60.7 Å². The van der Waals surface area contributed by atoms with Crippen LogP contribution in [-0.2, 0) is 5.41 Å². The molecule has 1 fully saturated rings. The largest absolute Gasteiger partial charge is 0.135 e. The van der Waals surface area contributed by atoms with Crippen molar-refractivity contribution in [2.24, 2.45) is 0 Å². The van der Waals surface area contributed by atoms with Crippen molar-refractivity contribution in [3.05, 3.63) is 71.8 Å². The summed E-state index contributed by atoms with van der Waals surface area (Å²) in [6.07, 6.45) is 1.64. The lowest BCUT2D eigenvalue weighted by atomic mass is 9.65. The molecule has 2 aromatic carbocycles. The Morgan fingerprint density at radius 2 is 1.04 bits per heavy atom. The lowest BCUT2D eigenvalue weighted by Crippen LogP contribution is -2.63. The van der Waals surface area contributed by atoms with E-state index in [0.29, 0.717) is 0 Å². The number of hydrogen-bond donors (Lipinski definition) is 0. The van der Waals surface area contributed by atoms with Crippen LogP contribution in [0.5, 0.6) is 0 Å². The Bertz CT molecular complexity index is 673. The fraction of sp³-hybridized carbons (Fsp3) is 0.333. The molecule has 128 valence electrons. The minimum absolute atomic E-state index is 0.325. The van der Waals surface area contributed by atoms with Crippen LogP contribution in [0.1, 0.15) is 24.0 Å². The first-order valence-corrected chi connectivity index (χ1v) is 11.8. The molecule has 0 nitrogen and oxygen atoms in total. The molecule has 0 saturated heterocycles. The minimum Gasteiger partial charge on any atom is -0.104 e. The zero-order chi connectivity index (χ0) is 17.6. The number of halogens is 6. The van der Waals surface area contributed by atoms with Crippen molar-refractivity contribution >= 4 is 91.3 Å². The van der Waals surface area contributed by atoms with Gasteiger partial charge in [0.2, 0.25) is 0 Å². The summed E-state index contributed by atoms with van der Waals surface area (Å²) < 4.78 is -1.89. The van der Waals surface area contributed by atoms with Crippen LogP contribution in [0, 0.1) is 0 Å². The SMILES string of the molecule is ClC1(Br)CCC(c2ccccc2)(c2ccccc2)C(Br)(Br)C1(Br)Br. The zero-order valence-electron chi connectivity index (χ0n) is 12.5. The second kappa shape index (κ2) is 6.94. The van der Waals surface area contributed by atoms with Crippen LogP contribution in [0.25, 0.3) is 0 Å². The van der Waals surface area contributed by atoms with Gasteiger partial charge in [0.05, 0.1) is 0 Å². The fourth-order valence-electron chi connectivity index (χ4n) is 3.42. The van der Waals surface area contributed by atoms with Crippen molar-refractivity contribution in [3.8, 4) is 0 Å². The number of rotatable bonds is 2. The number of benzene rings is 2. The topological polar surface area (TPSA) is 0 Å². The molecule has 2 aromatic rings. The Labute approximate surface area is 189 Å². The molecule has 0 bridgehead atoms. The molecule has 0 N–H and O–H groups in total. The molecule has 1 saturated carbocycles. The standard InChI is InChI=1S/C18H14Br5Cl/c19-16(24)12-11-15(13-7-3-1-4-8-13,14-9-5-2-6-10-14)17(20,21)18(16,22)23/h1-10H,11-12H2. The van der Waals surface area contributed by atoms with Crippen LogP contribution in [0.2, 0.25) is 0 Å². The number of hydrogen-bond acceptors (Lipinski definition) is 0. The summed E-state index contributed by atoms with van der Waals surface area (Å²) in [6.45, 7) is 0. The maximum absolute atomic E-state index is 6.81. The quantitative estimate of drug-likeness (QED) is 0.285. The predicted molar refractivity (Wildman–Crippen MR) is 122 cm³/mol. The normalized spacial score (nSPS) is 27.6. The zero-order valence-corrected chi connectivity index (χ0v) is 21.1. The van der Waals surface area contributed by atoms with E-state index in [0.717, 1.165) is 12.8 Å². The molecule has 0 radical (unpaired) electrons. The Morgan fingerprint density at radius 3 is 1.46 bits per heavy atom. The fourth-order valence-corrected chi connectivity index (χ4v) is 7.97. The van der Waals surface area contributed by atoms with Gasteiger partial charge in [-0.1, -0.05) is 140 Å². The van der Waals surface area contributed by atoms with Gasteiger partial charge in [0, 0.05) is 5.41 Å². The second-order valence-electron chi connectivity index (χ2n) is 5.99. The van der Waals surface area contributed by atoms with Gasteiger partial charge in [0.1, 0.15) is 10.3 Å². The average Bonchev–Trinajstić information content (AvgIpc) is 2.56. The molecule has 0 aromatic heterocycles. The van der Waals surface area contributed by atoms with Gasteiger partial charge in [0.15, 0.2) is 0 Å². The van der Waals surface area contributed by atoms with Gasteiger partial charge in [-0.3, -0.25) is 0 Å². The lowest BCUT2D eigenvalue weighted by molar-refractivity contribution is 0.338. The van der Waals surface area contributed by atoms with Crippen LogP contribution < -0.4 is 0 Å². The first-order chi connectivity index (χ1) is 11.2. The molecule has 1 aliphatic carbocycles. The molecule has 0 aliphatic heterocycles. The van der Waals surface area contributed by atoms with E-state index in [1.54, 1.807) is 0 Å². The summed E-state index contributed by atoms with van der Waals surface area (Å²) in [5, 5.41) is 0. The Kier molecular flexibility index (Phi) is 5.75. The summed E-state index contributed by atoms with van der Waals surface area (Å²) >= 11 is 26.2. The van der Waals surface area contributed by atoms with E-state index in [-0.39, 0.29) is 5.41 Å². The van der Waals surface area contributed by atoms with E-state index in [1.807, 2.05) is 12.1 Å². The van der Waals surface area contributed by atoms with Gasteiger partial charge < -0.3 is 0 Å². The van der Waals surface area contributed by atoms with Crippen LogP contribution in [0.4, 0.5) is 0 Å². The van der Waals surface area contributed by atoms with Gasteiger partial charge in [-0.25, -0.2) is 0 Å².